The van der Waals surface area contributed by atoms with Gasteiger partial charge in [0.25, 0.3) is 0 Å². The van der Waals surface area contributed by atoms with Gasteiger partial charge < -0.3 is 14.5 Å². The first-order chi connectivity index (χ1) is 20.4. The standard InChI is InChI=1S/C25H14NO.C13H24O2.Ir/c1-25-17-9-3-2-6-14(17)15-7-4-8-16(23(15)25)24-22-20(12-13-26-24)27-19-11-5-10-18(25)21(19)22;1-5-10(6-2)12(14)9-13(15)11(7-3)8-4;/h2-7,9-13H,1H3;9-11,14H,5-8H2,1-4H3;/q-1;;/b;12-9-;. The summed E-state index contributed by atoms with van der Waals surface area (Å²) in [5, 5.41) is 12.1. The van der Waals surface area contributed by atoms with Crippen LogP contribution < -0.4 is 0 Å². The fourth-order valence-electron chi connectivity index (χ4n) is 7.15. The Morgan fingerprint density at radius 3 is 2.28 bits per heavy atom. The molecule has 2 aliphatic carbocycles. The number of fused-ring (bicyclic) bond motifs is 5. The minimum atomic E-state index is -0.254. The molecule has 0 saturated heterocycles. The third-order valence-corrected chi connectivity index (χ3v) is 9.52. The molecule has 0 fully saturated rings. The van der Waals surface area contributed by atoms with E-state index in [0.29, 0.717) is 0 Å². The van der Waals surface area contributed by atoms with E-state index in [1.165, 1.54) is 39.3 Å². The summed E-state index contributed by atoms with van der Waals surface area (Å²) in [6.07, 6.45) is 6.75. The maximum atomic E-state index is 11.7. The summed E-state index contributed by atoms with van der Waals surface area (Å²) in [5.74, 6) is 0.547. The van der Waals surface area contributed by atoms with Crippen LogP contribution >= 0.6 is 0 Å². The number of nitrogens with zero attached hydrogens (tertiary/aromatic N) is 1. The molecule has 4 nitrogen and oxygen atoms in total. The van der Waals surface area contributed by atoms with Crippen LogP contribution in [0.4, 0.5) is 0 Å². The van der Waals surface area contributed by atoms with Crippen molar-refractivity contribution in [1.29, 1.82) is 0 Å². The van der Waals surface area contributed by atoms with Crippen molar-refractivity contribution in [2.75, 3.05) is 0 Å². The monoisotopic (exact) mass is 749 g/mol. The Bertz CT molecular complexity index is 1840. The quantitative estimate of drug-likeness (QED) is 0.102. The Hall–Kier alpha value is -3.53. The molecule has 0 spiro atoms. The molecule has 43 heavy (non-hydrogen) atoms. The number of rotatable bonds is 7. The summed E-state index contributed by atoms with van der Waals surface area (Å²) in [6.45, 7) is 10.4. The fraction of sp³-hybridized carbons (Fsp3) is 0.316. The van der Waals surface area contributed by atoms with E-state index < -0.39 is 0 Å². The summed E-state index contributed by atoms with van der Waals surface area (Å²) in [5.41, 5.74) is 10.2. The topological polar surface area (TPSA) is 63.3 Å². The maximum absolute atomic E-state index is 11.7. The van der Waals surface area contributed by atoms with E-state index in [1.807, 2.05) is 46.0 Å². The smallest absolute Gasteiger partial charge is 0.162 e. The predicted octanol–water partition coefficient (Wildman–Crippen LogP) is 9.96. The van der Waals surface area contributed by atoms with Crippen molar-refractivity contribution >= 4 is 27.7 Å². The molecule has 5 heteroatoms. The molecular formula is C38H38IrNO3-. The second-order valence-electron chi connectivity index (χ2n) is 11.6. The molecule has 1 atom stereocenters. The summed E-state index contributed by atoms with van der Waals surface area (Å²) < 4.78 is 6.21. The minimum absolute atomic E-state index is 0. The van der Waals surface area contributed by atoms with Crippen molar-refractivity contribution in [1.82, 2.24) is 4.98 Å². The fourth-order valence-corrected chi connectivity index (χ4v) is 7.15. The number of hydrogen-bond acceptors (Lipinski definition) is 4. The number of aromatic nitrogens is 1. The largest absolute Gasteiger partial charge is 0.512 e. The Morgan fingerprint density at radius 2 is 1.56 bits per heavy atom. The first-order valence-electron chi connectivity index (χ1n) is 15.3. The van der Waals surface area contributed by atoms with Gasteiger partial charge in [0.2, 0.25) is 0 Å². The first kappa shape index (κ1) is 30.9. The zero-order chi connectivity index (χ0) is 29.6. The minimum Gasteiger partial charge on any atom is -0.512 e. The Balaban J connectivity index is 0.000000201. The number of aliphatic hydroxyl groups excluding tert-OH is 1. The summed E-state index contributed by atoms with van der Waals surface area (Å²) in [4.78, 5) is 16.5. The van der Waals surface area contributed by atoms with Gasteiger partial charge in [0.1, 0.15) is 11.2 Å². The van der Waals surface area contributed by atoms with Crippen molar-refractivity contribution in [3.8, 4) is 22.4 Å². The molecule has 2 aromatic heterocycles. The molecule has 1 N–H and O–H groups in total. The van der Waals surface area contributed by atoms with Crippen LogP contribution in [0.3, 0.4) is 0 Å². The van der Waals surface area contributed by atoms with E-state index in [1.54, 1.807) is 0 Å². The number of allylic oxidation sites excluding steroid dienone is 2. The van der Waals surface area contributed by atoms with Crippen LogP contribution in [0.25, 0.3) is 44.3 Å². The normalized spacial score (nSPS) is 16.1. The van der Waals surface area contributed by atoms with Crippen LogP contribution in [0.2, 0.25) is 0 Å². The molecule has 1 radical (unpaired) electrons. The first-order valence-corrected chi connectivity index (χ1v) is 15.3. The molecule has 0 amide bonds. The maximum Gasteiger partial charge on any atom is 0.162 e. The van der Waals surface area contributed by atoms with Crippen molar-refractivity contribution in [2.45, 2.75) is 65.7 Å². The van der Waals surface area contributed by atoms with Crippen molar-refractivity contribution in [3.63, 3.8) is 0 Å². The van der Waals surface area contributed by atoms with Gasteiger partial charge in [0, 0.05) is 60.4 Å². The van der Waals surface area contributed by atoms with Crippen LogP contribution in [-0.2, 0) is 30.3 Å². The number of furan rings is 1. The van der Waals surface area contributed by atoms with E-state index in [9.17, 15) is 9.90 Å². The molecule has 5 aromatic rings. The second kappa shape index (κ2) is 12.2. The molecule has 3 aromatic carbocycles. The Labute approximate surface area is 267 Å². The third kappa shape index (κ3) is 4.78. The van der Waals surface area contributed by atoms with Gasteiger partial charge in [-0.25, -0.2) is 0 Å². The van der Waals surface area contributed by atoms with E-state index in [0.717, 1.165) is 53.5 Å². The molecule has 2 aliphatic rings. The van der Waals surface area contributed by atoms with Crippen molar-refractivity contribution < 1.29 is 34.4 Å². The number of aliphatic hydroxyl groups is 1. The van der Waals surface area contributed by atoms with E-state index in [-0.39, 0.29) is 48.9 Å². The summed E-state index contributed by atoms with van der Waals surface area (Å²) >= 11 is 0. The number of hydrogen-bond donors (Lipinski definition) is 1. The van der Waals surface area contributed by atoms with Gasteiger partial charge in [0.15, 0.2) is 5.78 Å². The number of pyridine rings is 1. The van der Waals surface area contributed by atoms with Gasteiger partial charge in [-0.2, -0.15) is 0 Å². The molecule has 2 heterocycles. The van der Waals surface area contributed by atoms with E-state index in [4.69, 9.17) is 9.40 Å². The van der Waals surface area contributed by atoms with Crippen LogP contribution in [0.1, 0.15) is 77.0 Å². The van der Waals surface area contributed by atoms with Crippen LogP contribution in [0, 0.1) is 17.9 Å². The van der Waals surface area contributed by atoms with Gasteiger partial charge in [-0.05, 0) is 60.2 Å². The van der Waals surface area contributed by atoms with Crippen LogP contribution in [0.15, 0.2) is 83.1 Å². The average Bonchev–Trinajstić information content (AvgIpc) is 3.49. The number of carbonyl (C=O) groups excluding carboxylic acids is 1. The van der Waals surface area contributed by atoms with Crippen molar-refractivity contribution in [2.24, 2.45) is 11.8 Å². The van der Waals surface area contributed by atoms with Crippen molar-refractivity contribution in [3.05, 3.63) is 101 Å². The van der Waals surface area contributed by atoms with Gasteiger partial charge in [-0.15, -0.1) is 29.3 Å². The Kier molecular flexibility index (Phi) is 8.79. The van der Waals surface area contributed by atoms with Gasteiger partial charge in [-0.1, -0.05) is 76.6 Å². The van der Waals surface area contributed by atoms with Crippen LogP contribution in [0.5, 0.6) is 0 Å². The zero-order valence-electron chi connectivity index (χ0n) is 25.5. The molecule has 0 aliphatic heterocycles. The zero-order valence-corrected chi connectivity index (χ0v) is 27.9. The second-order valence-corrected chi connectivity index (χ2v) is 11.6. The summed E-state index contributed by atoms with van der Waals surface area (Å²) in [6, 6.07) is 24.9. The predicted molar refractivity (Wildman–Crippen MR) is 171 cm³/mol. The molecular weight excluding hydrogens is 711 g/mol. The Morgan fingerprint density at radius 1 is 0.884 bits per heavy atom. The third-order valence-electron chi connectivity index (χ3n) is 9.52. The SMILES string of the molecule is CC12c3ccccc3-c3cc[c-]c(c31)-c1nccc3oc4cccc2c4c13.CCC(CC)C(=O)/C=C(\O)C(CC)CC.[Ir]. The molecule has 1 unspecified atom stereocenters. The van der Waals surface area contributed by atoms with Gasteiger partial charge >= 0.3 is 0 Å². The van der Waals surface area contributed by atoms with Gasteiger partial charge in [0.05, 0.1) is 5.76 Å². The molecule has 223 valence electrons. The van der Waals surface area contributed by atoms with E-state index in [2.05, 4.69) is 61.5 Å². The molecule has 0 bridgehead atoms. The summed E-state index contributed by atoms with van der Waals surface area (Å²) in [7, 11) is 0. The number of ketones is 1. The molecule has 0 saturated carbocycles. The van der Waals surface area contributed by atoms with Gasteiger partial charge in [-0.3, -0.25) is 4.79 Å². The average molecular weight is 749 g/mol. The number of benzene rings is 3. The molecule has 7 rings (SSSR count). The number of carbonyl (C=O) groups is 1. The van der Waals surface area contributed by atoms with Crippen LogP contribution in [-0.4, -0.2) is 15.9 Å². The van der Waals surface area contributed by atoms with E-state index >= 15 is 0 Å².